The molecule has 0 atom stereocenters. The maximum absolute atomic E-state index is 12.4. The molecule has 4 rings (SSSR count). The van der Waals surface area contributed by atoms with Gasteiger partial charge in [-0.1, -0.05) is 18.2 Å². The molecule has 24 heavy (non-hydrogen) atoms. The van der Waals surface area contributed by atoms with E-state index in [0.29, 0.717) is 11.3 Å². The predicted molar refractivity (Wildman–Crippen MR) is 92.2 cm³/mol. The maximum atomic E-state index is 12.4. The van der Waals surface area contributed by atoms with Crippen LogP contribution in [-0.4, -0.2) is 25.2 Å². The van der Waals surface area contributed by atoms with E-state index in [1.807, 2.05) is 48.0 Å². The Morgan fingerprint density at radius 3 is 2.79 bits per heavy atom. The van der Waals surface area contributed by atoms with E-state index < -0.39 is 0 Å². The zero-order valence-corrected chi connectivity index (χ0v) is 13.0. The van der Waals surface area contributed by atoms with Gasteiger partial charge in [-0.2, -0.15) is 5.10 Å². The fourth-order valence-corrected chi connectivity index (χ4v) is 2.59. The maximum Gasteiger partial charge on any atom is 0.255 e. The number of para-hydroxylation sites is 1. The van der Waals surface area contributed by atoms with Crippen molar-refractivity contribution in [1.29, 1.82) is 0 Å². The Balaban J connectivity index is 1.56. The van der Waals surface area contributed by atoms with Crippen LogP contribution in [0.5, 0.6) is 0 Å². The minimum absolute atomic E-state index is 0.185. The lowest BCUT2D eigenvalue weighted by molar-refractivity contribution is 0.102. The molecule has 0 aliphatic rings. The average Bonchev–Trinajstić information content (AvgIpc) is 3.22. The van der Waals surface area contributed by atoms with Crippen molar-refractivity contribution in [3.8, 4) is 5.69 Å². The van der Waals surface area contributed by atoms with Gasteiger partial charge in [-0.3, -0.25) is 4.79 Å². The Morgan fingerprint density at radius 2 is 1.96 bits per heavy atom. The van der Waals surface area contributed by atoms with E-state index in [-0.39, 0.29) is 5.91 Å². The number of rotatable bonds is 3. The van der Waals surface area contributed by atoms with Crippen molar-refractivity contribution in [2.75, 3.05) is 5.32 Å². The first kappa shape index (κ1) is 14.2. The molecule has 1 amide bonds. The third-order valence-electron chi connectivity index (χ3n) is 3.85. The summed E-state index contributed by atoms with van der Waals surface area (Å²) in [6.07, 6.45) is 5.15. The smallest absolute Gasteiger partial charge is 0.255 e. The minimum atomic E-state index is -0.185. The zero-order chi connectivity index (χ0) is 16.5. The van der Waals surface area contributed by atoms with Crippen molar-refractivity contribution in [3.63, 3.8) is 0 Å². The number of aromatic nitrogens is 4. The molecule has 0 fully saturated rings. The molecular formula is C18H15N5O. The number of imidazole rings is 1. The van der Waals surface area contributed by atoms with Crippen LogP contribution < -0.4 is 5.32 Å². The van der Waals surface area contributed by atoms with Gasteiger partial charge >= 0.3 is 0 Å². The molecule has 2 aromatic heterocycles. The highest BCUT2D eigenvalue weighted by Crippen LogP contribution is 2.16. The summed E-state index contributed by atoms with van der Waals surface area (Å²) in [6, 6.07) is 15.2. The average molecular weight is 317 g/mol. The van der Waals surface area contributed by atoms with Crippen LogP contribution in [0.2, 0.25) is 0 Å². The van der Waals surface area contributed by atoms with Crippen molar-refractivity contribution in [2.45, 2.75) is 0 Å². The van der Waals surface area contributed by atoms with Crippen molar-refractivity contribution in [2.24, 2.45) is 7.05 Å². The molecular weight excluding hydrogens is 302 g/mol. The van der Waals surface area contributed by atoms with Gasteiger partial charge in [0.15, 0.2) is 0 Å². The number of hydrogen-bond acceptors (Lipinski definition) is 3. The summed E-state index contributed by atoms with van der Waals surface area (Å²) in [5, 5.41) is 7.14. The zero-order valence-electron chi connectivity index (χ0n) is 13.0. The van der Waals surface area contributed by atoms with Crippen LogP contribution in [-0.2, 0) is 7.05 Å². The number of nitrogens with one attached hydrogen (secondary N) is 1. The molecule has 6 heteroatoms. The summed E-state index contributed by atoms with van der Waals surface area (Å²) in [4.78, 5) is 16.7. The molecule has 0 saturated heterocycles. The van der Waals surface area contributed by atoms with Gasteiger partial charge in [-0.05, 0) is 30.3 Å². The normalized spacial score (nSPS) is 10.9. The van der Waals surface area contributed by atoms with Crippen LogP contribution in [0.1, 0.15) is 10.4 Å². The van der Waals surface area contributed by atoms with Crippen LogP contribution in [0.15, 0.2) is 67.3 Å². The largest absolute Gasteiger partial charge is 0.334 e. The molecule has 2 heterocycles. The Labute approximate surface area is 138 Å². The van der Waals surface area contributed by atoms with Gasteiger partial charge in [0.2, 0.25) is 0 Å². The number of carbonyl (C=O) groups excluding carboxylic acids is 1. The van der Waals surface area contributed by atoms with Crippen LogP contribution in [0.4, 0.5) is 5.69 Å². The first-order valence-electron chi connectivity index (χ1n) is 7.53. The highest BCUT2D eigenvalue weighted by Gasteiger charge is 2.10. The van der Waals surface area contributed by atoms with E-state index >= 15 is 0 Å². The second-order valence-electron chi connectivity index (χ2n) is 5.52. The Morgan fingerprint density at radius 1 is 1.12 bits per heavy atom. The predicted octanol–water partition coefficient (Wildman–Crippen LogP) is 3.01. The van der Waals surface area contributed by atoms with E-state index in [2.05, 4.69) is 15.4 Å². The number of anilines is 1. The molecule has 1 N–H and O–H groups in total. The van der Waals surface area contributed by atoms with Gasteiger partial charge in [0.05, 0.1) is 41.1 Å². The number of nitrogens with zero attached hydrogens (tertiary/aromatic N) is 4. The van der Waals surface area contributed by atoms with Gasteiger partial charge in [-0.25, -0.2) is 9.67 Å². The Bertz CT molecular complexity index is 1020. The van der Waals surface area contributed by atoms with E-state index in [0.717, 1.165) is 16.7 Å². The van der Waals surface area contributed by atoms with E-state index in [1.165, 1.54) is 0 Å². The number of benzene rings is 2. The number of carbonyl (C=O) groups is 1. The van der Waals surface area contributed by atoms with Gasteiger partial charge in [0.25, 0.3) is 5.91 Å². The quantitative estimate of drug-likeness (QED) is 0.632. The third-order valence-corrected chi connectivity index (χ3v) is 3.85. The van der Waals surface area contributed by atoms with E-state index in [9.17, 15) is 4.79 Å². The summed E-state index contributed by atoms with van der Waals surface area (Å²) in [7, 11) is 1.92. The summed E-state index contributed by atoms with van der Waals surface area (Å²) in [5.41, 5.74) is 3.93. The van der Waals surface area contributed by atoms with Gasteiger partial charge in [0.1, 0.15) is 0 Å². The molecule has 6 nitrogen and oxygen atoms in total. The molecule has 0 unspecified atom stereocenters. The van der Waals surface area contributed by atoms with Crippen LogP contribution in [0.3, 0.4) is 0 Å². The summed E-state index contributed by atoms with van der Waals surface area (Å²) in [5.74, 6) is -0.185. The molecule has 118 valence electrons. The van der Waals surface area contributed by atoms with Crippen molar-refractivity contribution < 1.29 is 4.79 Å². The van der Waals surface area contributed by atoms with Gasteiger partial charge in [-0.15, -0.1) is 0 Å². The lowest BCUT2D eigenvalue weighted by atomic mass is 10.2. The SMILES string of the molecule is Cn1cnc2cc(C(=O)Nc3cnn(-c4ccccc4)c3)ccc21. The fourth-order valence-electron chi connectivity index (χ4n) is 2.59. The number of aryl methyl sites for hydroxylation is 1. The second kappa shape index (κ2) is 5.66. The van der Waals surface area contributed by atoms with Crippen molar-refractivity contribution in [3.05, 3.63) is 72.8 Å². The van der Waals surface area contributed by atoms with Crippen LogP contribution >= 0.6 is 0 Å². The molecule has 0 spiro atoms. The monoisotopic (exact) mass is 317 g/mol. The van der Waals surface area contributed by atoms with Crippen molar-refractivity contribution in [1.82, 2.24) is 19.3 Å². The number of hydrogen-bond donors (Lipinski definition) is 1. The molecule has 0 aliphatic heterocycles. The number of amides is 1. The Kier molecular flexibility index (Phi) is 3.35. The number of fused-ring (bicyclic) bond motifs is 1. The molecule has 0 aliphatic carbocycles. The lowest BCUT2D eigenvalue weighted by Crippen LogP contribution is -2.11. The minimum Gasteiger partial charge on any atom is -0.334 e. The van der Waals surface area contributed by atoms with Gasteiger partial charge in [0, 0.05) is 12.6 Å². The van der Waals surface area contributed by atoms with E-state index in [4.69, 9.17) is 0 Å². The first-order valence-corrected chi connectivity index (χ1v) is 7.53. The lowest BCUT2D eigenvalue weighted by Gasteiger charge is -2.03. The third kappa shape index (κ3) is 2.54. The summed E-state index contributed by atoms with van der Waals surface area (Å²) < 4.78 is 3.64. The molecule has 0 bridgehead atoms. The molecule has 4 aromatic rings. The van der Waals surface area contributed by atoms with E-state index in [1.54, 1.807) is 35.5 Å². The van der Waals surface area contributed by atoms with Crippen molar-refractivity contribution >= 4 is 22.6 Å². The first-order chi connectivity index (χ1) is 11.7. The van der Waals surface area contributed by atoms with Crippen LogP contribution in [0, 0.1) is 0 Å². The molecule has 2 aromatic carbocycles. The summed E-state index contributed by atoms with van der Waals surface area (Å²) in [6.45, 7) is 0. The second-order valence-corrected chi connectivity index (χ2v) is 5.52. The molecule has 0 saturated carbocycles. The highest BCUT2D eigenvalue weighted by atomic mass is 16.1. The fraction of sp³-hybridized carbons (Fsp3) is 0.0556. The topological polar surface area (TPSA) is 64.7 Å². The Hall–Kier alpha value is -3.41. The van der Waals surface area contributed by atoms with Gasteiger partial charge < -0.3 is 9.88 Å². The van der Waals surface area contributed by atoms with Crippen LogP contribution in [0.25, 0.3) is 16.7 Å². The highest BCUT2D eigenvalue weighted by molar-refractivity contribution is 6.05. The standard InChI is InChI=1S/C18H15N5O/c1-22-12-19-16-9-13(7-8-17(16)22)18(24)21-14-10-20-23(11-14)15-5-3-2-4-6-15/h2-12H,1H3,(H,21,24). The summed E-state index contributed by atoms with van der Waals surface area (Å²) >= 11 is 0. The molecule has 0 radical (unpaired) electrons.